The van der Waals surface area contributed by atoms with Gasteiger partial charge in [-0.15, -0.1) is 0 Å². The lowest BCUT2D eigenvalue weighted by Gasteiger charge is -2.14. The molecule has 2 aromatic rings. The van der Waals surface area contributed by atoms with Crippen molar-refractivity contribution in [3.63, 3.8) is 0 Å². The number of rotatable bonds is 1. The maximum absolute atomic E-state index is 12.5. The summed E-state index contributed by atoms with van der Waals surface area (Å²) >= 11 is 0. The molecular weight excluding hydrogens is 256 g/mol. The van der Waals surface area contributed by atoms with Crippen LogP contribution in [-0.2, 0) is 4.84 Å². The highest BCUT2D eigenvalue weighted by Gasteiger charge is 2.24. The van der Waals surface area contributed by atoms with Crippen molar-refractivity contribution in [3.05, 3.63) is 45.2 Å². The van der Waals surface area contributed by atoms with E-state index in [1.54, 1.807) is 0 Å². The first kappa shape index (κ1) is 12.9. The molecule has 0 aliphatic carbocycles. The van der Waals surface area contributed by atoms with Gasteiger partial charge < -0.3 is 4.98 Å². The second-order valence-electron chi connectivity index (χ2n) is 5.13. The molecule has 5 nitrogen and oxygen atoms in total. The lowest BCUT2D eigenvalue weighted by Crippen LogP contribution is -2.31. The number of aryl methyl sites for hydroxylation is 2. The van der Waals surface area contributed by atoms with E-state index in [1.807, 2.05) is 26.0 Å². The summed E-state index contributed by atoms with van der Waals surface area (Å²) in [5, 5.41) is 1.81. The summed E-state index contributed by atoms with van der Waals surface area (Å²) in [6.07, 6.45) is 2.28. The van der Waals surface area contributed by atoms with Gasteiger partial charge in [0.1, 0.15) is 5.56 Å². The Morgan fingerprint density at radius 1 is 1.35 bits per heavy atom. The van der Waals surface area contributed by atoms with E-state index in [9.17, 15) is 9.59 Å². The smallest absolute Gasteiger partial charge is 0.282 e. The first-order valence-electron chi connectivity index (χ1n) is 6.65. The summed E-state index contributed by atoms with van der Waals surface area (Å²) in [6, 6.07) is 3.81. The highest BCUT2D eigenvalue weighted by Crippen LogP contribution is 2.17. The number of hydrogen-bond donors (Lipinski definition) is 1. The summed E-state index contributed by atoms with van der Waals surface area (Å²) in [7, 11) is 0. The molecule has 1 saturated heterocycles. The largest absolute Gasteiger partial charge is 0.360 e. The van der Waals surface area contributed by atoms with Crippen LogP contribution in [0.3, 0.4) is 0 Å². The molecule has 1 aliphatic rings. The van der Waals surface area contributed by atoms with Crippen molar-refractivity contribution in [2.75, 3.05) is 13.2 Å². The van der Waals surface area contributed by atoms with Gasteiger partial charge in [-0.25, -0.2) is 5.06 Å². The molecule has 0 radical (unpaired) electrons. The maximum Gasteiger partial charge on any atom is 0.282 e. The summed E-state index contributed by atoms with van der Waals surface area (Å²) in [5.41, 5.74) is 2.66. The van der Waals surface area contributed by atoms with Gasteiger partial charge >= 0.3 is 0 Å². The predicted octanol–water partition coefficient (Wildman–Crippen LogP) is 1.92. The van der Waals surface area contributed by atoms with E-state index < -0.39 is 0 Å². The minimum atomic E-state index is -0.371. The molecule has 5 heteroatoms. The number of carbonyl (C=O) groups excluding carboxylic acids is 1. The van der Waals surface area contributed by atoms with Crippen molar-refractivity contribution in [1.82, 2.24) is 10.0 Å². The molecule has 0 bridgehead atoms. The van der Waals surface area contributed by atoms with Crippen LogP contribution in [0.1, 0.15) is 27.9 Å². The molecule has 1 fully saturated rings. The Morgan fingerprint density at radius 2 is 2.15 bits per heavy atom. The summed E-state index contributed by atoms with van der Waals surface area (Å²) < 4.78 is 0. The molecule has 0 atom stereocenters. The Morgan fingerprint density at radius 3 is 2.85 bits per heavy atom. The molecule has 1 aromatic carbocycles. The number of nitrogens with zero attached hydrogens (tertiary/aromatic N) is 1. The van der Waals surface area contributed by atoms with Crippen molar-refractivity contribution in [2.45, 2.75) is 20.3 Å². The standard InChI is InChI=1S/C15H16N2O3/c1-9-6-10(2)13-11(7-9)14(18)12(8-16-13)15(19)17-4-3-5-20-17/h6-8H,3-5H2,1-2H3,(H,16,18). The van der Waals surface area contributed by atoms with Crippen LogP contribution in [0.4, 0.5) is 0 Å². The van der Waals surface area contributed by atoms with Gasteiger partial charge in [-0.3, -0.25) is 14.4 Å². The number of fused-ring (bicyclic) bond motifs is 1. The fourth-order valence-electron chi connectivity index (χ4n) is 2.59. The number of amides is 1. The van der Waals surface area contributed by atoms with Crippen LogP contribution in [0.2, 0.25) is 0 Å². The third-order valence-electron chi connectivity index (χ3n) is 3.54. The summed E-state index contributed by atoms with van der Waals surface area (Å²) in [5.74, 6) is -0.371. The number of hydrogen-bond acceptors (Lipinski definition) is 3. The molecular formula is C15H16N2O3. The molecule has 0 spiro atoms. The maximum atomic E-state index is 12.5. The van der Waals surface area contributed by atoms with Crippen molar-refractivity contribution in [3.8, 4) is 0 Å². The number of H-pyrrole nitrogens is 1. The molecule has 3 rings (SSSR count). The third kappa shape index (κ3) is 2.00. The van der Waals surface area contributed by atoms with E-state index in [1.165, 1.54) is 11.3 Å². The van der Waals surface area contributed by atoms with Crippen LogP contribution in [-0.4, -0.2) is 29.1 Å². The number of pyridine rings is 1. The van der Waals surface area contributed by atoms with E-state index in [2.05, 4.69) is 4.98 Å². The fraction of sp³-hybridized carbons (Fsp3) is 0.333. The topological polar surface area (TPSA) is 62.4 Å². The van der Waals surface area contributed by atoms with Gasteiger partial charge in [-0.05, 0) is 37.5 Å². The minimum absolute atomic E-state index is 0.129. The van der Waals surface area contributed by atoms with Crippen LogP contribution in [0, 0.1) is 13.8 Å². The van der Waals surface area contributed by atoms with E-state index in [4.69, 9.17) is 4.84 Å². The van der Waals surface area contributed by atoms with Crippen molar-refractivity contribution in [2.24, 2.45) is 0 Å². The molecule has 104 valence electrons. The number of hydroxylamine groups is 2. The van der Waals surface area contributed by atoms with Crippen molar-refractivity contribution < 1.29 is 9.63 Å². The molecule has 0 unspecified atom stereocenters. The van der Waals surface area contributed by atoms with E-state index >= 15 is 0 Å². The Kier molecular flexibility index (Phi) is 3.06. The third-order valence-corrected chi connectivity index (χ3v) is 3.54. The first-order chi connectivity index (χ1) is 9.58. The zero-order chi connectivity index (χ0) is 14.3. The number of nitrogens with one attached hydrogen (secondary N) is 1. The molecule has 1 aromatic heterocycles. The Labute approximate surface area is 116 Å². The fourth-order valence-corrected chi connectivity index (χ4v) is 2.59. The van der Waals surface area contributed by atoms with Crippen LogP contribution in [0.15, 0.2) is 23.1 Å². The van der Waals surface area contributed by atoms with Crippen LogP contribution >= 0.6 is 0 Å². The molecule has 0 saturated carbocycles. The van der Waals surface area contributed by atoms with Gasteiger partial charge in [0.2, 0.25) is 5.43 Å². The monoisotopic (exact) mass is 272 g/mol. The van der Waals surface area contributed by atoms with Gasteiger partial charge in [0.05, 0.1) is 18.7 Å². The van der Waals surface area contributed by atoms with Gasteiger partial charge in [0, 0.05) is 11.6 Å². The van der Waals surface area contributed by atoms with Crippen LogP contribution in [0.25, 0.3) is 10.9 Å². The lowest BCUT2D eigenvalue weighted by molar-refractivity contribution is -0.0769. The summed E-state index contributed by atoms with van der Waals surface area (Å²) in [6.45, 7) is 4.93. The second kappa shape index (κ2) is 4.76. The zero-order valence-corrected chi connectivity index (χ0v) is 11.5. The highest BCUT2D eigenvalue weighted by atomic mass is 16.7. The quantitative estimate of drug-likeness (QED) is 0.862. The SMILES string of the molecule is Cc1cc(C)c2[nH]cc(C(=O)N3CCCO3)c(=O)c2c1. The number of benzene rings is 1. The number of carbonyl (C=O) groups is 1. The molecule has 1 N–H and O–H groups in total. The Balaban J connectivity index is 2.16. The Hall–Kier alpha value is -2.14. The van der Waals surface area contributed by atoms with Crippen LogP contribution < -0.4 is 5.43 Å². The average molecular weight is 272 g/mol. The average Bonchev–Trinajstić information content (AvgIpc) is 2.93. The van der Waals surface area contributed by atoms with E-state index in [0.29, 0.717) is 18.5 Å². The molecule has 20 heavy (non-hydrogen) atoms. The predicted molar refractivity (Wildman–Crippen MR) is 75.6 cm³/mol. The molecule has 2 heterocycles. The van der Waals surface area contributed by atoms with Crippen LogP contribution in [0.5, 0.6) is 0 Å². The van der Waals surface area contributed by atoms with E-state index in [-0.39, 0.29) is 16.9 Å². The van der Waals surface area contributed by atoms with Gasteiger partial charge in [-0.1, -0.05) is 6.07 Å². The van der Waals surface area contributed by atoms with E-state index in [0.717, 1.165) is 23.1 Å². The number of aromatic amines is 1. The first-order valence-corrected chi connectivity index (χ1v) is 6.65. The molecule has 1 aliphatic heterocycles. The van der Waals surface area contributed by atoms with Crippen molar-refractivity contribution in [1.29, 1.82) is 0 Å². The second-order valence-corrected chi connectivity index (χ2v) is 5.13. The Bertz CT molecular complexity index is 743. The van der Waals surface area contributed by atoms with Gasteiger partial charge in [0.15, 0.2) is 0 Å². The number of aromatic nitrogens is 1. The lowest BCUT2D eigenvalue weighted by atomic mass is 10.0. The molecule has 1 amide bonds. The van der Waals surface area contributed by atoms with Gasteiger partial charge in [0.25, 0.3) is 5.91 Å². The normalized spacial score (nSPS) is 15.0. The highest BCUT2D eigenvalue weighted by molar-refractivity contribution is 5.97. The van der Waals surface area contributed by atoms with Crippen molar-refractivity contribution >= 4 is 16.8 Å². The summed E-state index contributed by atoms with van der Waals surface area (Å²) in [4.78, 5) is 33.0. The minimum Gasteiger partial charge on any atom is -0.360 e. The zero-order valence-electron chi connectivity index (χ0n) is 11.5. The van der Waals surface area contributed by atoms with Gasteiger partial charge in [-0.2, -0.15) is 0 Å².